The van der Waals surface area contributed by atoms with Gasteiger partial charge in [0.15, 0.2) is 5.82 Å². The summed E-state index contributed by atoms with van der Waals surface area (Å²) in [4.78, 5) is 23.1. The molecular formula is C37H25N5. The standard InChI is InChI=1S/C37H25N5/c1-7-26(32-13-4-16-38-23-32)19-29(10-1)35-22-36(30-11-2-8-27(20-30)33-14-5-17-39-24-33)42-37(41-35)31-12-3-9-28(21-31)34-15-6-18-40-25-34/h1-25H. The summed E-state index contributed by atoms with van der Waals surface area (Å²) in [5.41, 5.74) is 11.0. The molecule has 0 saturated carbocycles. The van der Waals surface area contributed by atoms with E-state index in [2.05, 4.69) is 106 Å². The van der Waals surface area contributed by atoms with Crippen LogP contribution in [0.1, 0.15) is 0 Å². The average molecular weight is 540 g/mol. The van der Waals surface area contributed by atoms with Gasteiger partial charge in [-0.3, -0.25) is 15.0 Å². The van der Waals surface area contributed by atoms with E-state index in [1.54, 1.807) is 18.6 Å². The molecule has 5 heteroatoms. The number of hydrogen-bond acceptors (Lipinski definition) is 5. The summed E-state index contributed by atoms with van der Waals surface area (Å²) >= 11 is 0. The van der Waals surface area contributed by atoms with E-state index in [0.717, 1.165) is 61.5 Å². The second-order valence-corrected chi connectivity index (χ2v) is 9.93. The SMILES string of the molecule is c1cncc(-c2cccc(-c3cc(-c4cccc(-c5cccnc5)c4)nc(-c4cccc(-c5cccnc5)c4)n3)c2)c1. The third kappa shape index (κ3) is 5.31. The molecule has 0 aliphatic heterocycles. The number of hydrogen-bond donors (Lipinski definition) is 0. The van der Waals surface area contributed by atoms with Gasteiger partial charge in [-0.15, -0.1) is 0 Å². The Bertz CT molecular complexity index is 1730. The van der Waals surface area contributed by atoms with E-state index in [1.807, 2.05) is 42.9 Å². The predicted molar refractivity (Wildman–Crippen MR) is 168 cm³/mol. The zero-order chi connectivity index (χ0) is 28.1. The van der Waals surface area contributed by atoms with Crippen LogP contribution in [-0.4, -0.2) is 24.9 Å². The molecule has 0 fully saturated rings. The first-order valence-corrected chi connectivity index (χ1v) is 13.7. The molecule has 7 rings (SSSR count). The van der Waals surface area contributed by atoms with Crippen molar-refractivity contribution in [2.24, 2.45) is 0 Å². The minimum Gasteiger partial charge on any atom is -0.264 e. The van der Waals surface area contributed by atoms with Gasteiger partial charge < -0.3 is 0 Å². The Labute approximate surface area is 244 Å². The minimum atomic E-state index is 0.659. The Morgan fingerprint density at radius 3 is 1.07 bits per heavy atom. The van der Waals surface area contributed by atoms with Crippen LogP contribution in [0.5, 0.6) is 0 Å². The highest BCUT2D eigenvalue weighted by Gasteiger charge is 2.13. The van der Waals surface area contributed by atoms with Gasteiger partial charge >= 0.3 is 0 Å². The van der Waals surface area contributed by atoms with Crippen molar-refractivity contribution in [3.8, 4) is 67.3 Å². The summed E-state index contributed by atoms with van der Waals surface area (Å²) in [7, 11) is 0. The molecule has 0 bridgehead atoms. The Balaban J connectivity index is 1.38. The average Bonchev–Trinajstić information content (AvgIpc) is 3.09. The van der Waals surface area contributed by atoms with Gasteiger partial charge in [0, 0.05) is 70.6 Å². The molecule has 0 amide bonds. The van der Waals surface area contributed by atoms with Crippen molar-refractivity contribution in [3.63, 3.8) is 0 Å². The van der Waals surface area contributed by atoms with Crippen LogP contribution < -0.4 is 0 Å². The topological polar surface area (TPSA) is 64.5 Å². The van der Waals surface area contributed by atoms with Crippen LogP contribution >= 0.6 is 0 Å². The van der Waals surface area contributed by atoms with Crippen molar-refractivity contribution in [1.29, 1.82) is 0 Å². The lowest BCUT2D eigenvalue weighted by Gasteiger charge is -2.12. The second-order valence-electron chi connectivity index (χ2n) is 9.93. The maximum absolute atomic E-state index is 5.10. The molecule has 7 aromatic rings. The maximum atomic E-state index is 5.10. The molecule has 4 aromatic heterocycles. The molecule has 0 N–H and O–H groups in total. The van der Waals surface area contributed by atoms with Gasteiger partial charge in [-0.05, 0) is 59.2 Å². The fourth-order valence-electron chi connectivity index (χ4n) is 5.03. The first-order valence-electron chi connectivity index (χ1n) is 13.7. The largest absolute Gasteiger partial charge is 0.264 e. The molecular weight excluding hydrogens is 514 g/mol. The summed E-state index contributed by atoms with van der Waals surface area (Å²) in [6.07, 6.45) is 11.0. The number of nitrogens with zero attached hydrogens (tertiary/aromatic N) is 5. The molecule has 5 nitrogen and oxygen atoms in total. The highest BCUT2D eigenvalue weighted by molar-refractivity contribution is 5.78. The van der Waals surface area contributed by atoms with Crippen molar-refractivity contribution < 1.29 is 0 Å². The van der Waals surface area contributed by atoms with Crippen LogP contribution in [0.15, 0.2) is 152 Å². The lowest BCUT2D eigenvalue weighted by Crippen LogP contribution is -1.96. The third-order valence-electron chi connectivity index (χ3n) is 7.15. The summed E-state index contributed by atoms with van der Waals surface area (Å²) in [6, 6.07) is 39.2. The third-order valence-corrected chi connectivity index (χ3v) is 7.15. The zero-order valence-corrected chi connectivity index (χ0v) is 22.7. The molecule has 0 unspecified atom stereocenters. The molecule has 4 heterocycles. The van der Waals surface area contributed by atoms with Crippen molar-refractivity contribution in [2.75, 3.05) is 0 Å². The number of benzene rings is 3. The Hall–Kier alpha value is -5.81. The highest BCUT2D eigenvalue weighted by atomic mass is 14.9. The van der Waals surface area contributed by atoms with E-state index in [-0.39, 0.29) is 0 Å². The van der Waals surface area contributed by atoms with Gasteiger partial charge in [0.05, 0.1) is 11.4 Å². The van der Waals surface area contributed by atoms with Crippen molar-refractivity contribution in [2.45, 2.75) is 0 Å². The lowest BCUT2D eigenvalue weighted by molar-refractivity contribution is 1.18. The first kappa shape index (κ1) is 25.2. The fourth-order valence-corrected chi connectivity index (χ4v) is 5.03. The van der Waals surface area contributed by atoms with Gasteiger partial charge in [0.25, 0.3) is 0 Å². The molecule has 42 heavy (non-hydrogen) atoms. The highest BCUT2D eigenvalue weighted by Crippen LogP contribution is 2.32. The van der Waals surface area contributed by atoms with Gasteiger partial charge in [0.1, 0.15) is 0 Å². The monoisotopic (exact) mass is 539 g/mol. The van der Waals surface area contributed by atoms with Crippen LogP contribution in [0, 0.1) is 0 Å². The van der Waals surface area contributed by atoms with E-state index < -0.39 is 0 Å². The van der Waals surface area contributed by atoms with Crippen LogP contribution in [0.4, 0.5) is 0 Å². The summed E-state index contributed by atoms with van der Waals surface area (Å²) in [6.45, 7) is 0. The minimum absolute atomic E-state index is 0.659. The Kier molecular flexibility index (Phi) is 6.81. The first-order chi connectivity index (χ1) is 20.8. The molecule has 0 radical (unpaired) electrons. The van der Waals surface area contributed by atoms with Crippen molar-refractivity contribution in [1.82, 2.24) is 24.9 Å². The summed E-state index contributed by atoms with van der Waals surface area (Å²) < 4.78 is 0. The van der Waals surface area contributed by atoms with E-state index >= 15 is 0 Å². The molecule has 198 valence electrons. The Morgan fingerprint density at radius 1 is 0.310 bits per heavy atom. The van der Waals surface area contributed by atoms with Gasteiger partial charge in [-0.25, -0.2) is 9.97 Å². The van der Waals surface area contributed by atoms with Gasteiger partial charge in [-0.2, -0.15) is 0 Å². The van der Waals surface area contributed by atoms with Crippen LogP contribution in [0.25, 0.3) is 67.3 Å². The van der Waals surface area contributed by atoms with Crippen molar-refractivity contribution >= 4 is 0 Å². The molecule has 0 saturated heterocycles. The lowest BCUT2D eigenvalue weighted by atomic mass is 9.99. The van der Waals surface area contributed by atoms with E-state index in [0.29, 0.717) is 5.82 Å². The molecule has 0 aliphatic rings. The fraction of sp³-hybridized carbons (Fsp3) is 0. The number of pyridine rings is 3. The second kappa shape index (κ2) is 11.4. The van der Waals surface area contributed by atoms with E-state index in [4.69, 9.17) is 9.97 Å². The number of aromatic nitrogens is 5. The smallest absolute Gasteiger partial charge is 0.160 e. The summed E-state index contributed by atoms with van der Waals surface area (Å²) in [5, 5.41) is 0. The molecule has 0 aliphatic carbocycles. The quantitative estimate of drug-likeness (QED) is 0.212. The van der Waals surface area contributed by atoms with E-state index in [9.17, 15) is 0 Å². The maximum Gasteiger partial charge on any atom is 0.160 e. The van der Waals surface area contributed by atoms with Crippen LogP contribution in [-0.2, 0) is 0 Å². The van der Waals surface area contributed by atoms with Gasteiger partial charge in [0.2, 0.25) is 0 Å². The van der Waals surface area contributed by atoms with Crippen LogP contribution in [0.3, 0.4) is 0 Å². The number of rotatable bonds is 6. The molecule has 0 atom stereocenters. The normalized spacial score (nSPS) is 10.9. The zero-order valence-electron chi connectivity index (χ0n) is 22.7. The van der Waals surface area contributed by atoms with E-state index in [1.165, 1.54) is 0 Å². The van der Waals surface area contributed by atoms with Gasteiger partial charge in [-0.1, -0.05) is 72.8 Å². The summed E-state index contributed by atoms with van der Waals surface area (Å²) in [5.74, 6) is 0.659. The molecule has 3 aromatic carbocycles. The molecule has 0 spiro atoms. The Morgan fingerprint density at radius 2 is 0.667 bits per heavy atom. The van der Waals surface area contributed by atoms with Crippen molar-refractivity contribution in [3.05, 3.63) is 152 Å². The van der Waals surface area contributed by atoms with Crippen LogP contribution in [0.2, 0.25) is 0 Å². The predicted octanol–water partition coefficient (Wildman–Crippen LogP) is 8.66.